The van der Waals surface area contributed by atoms with Gasteiger partial charge in [0.2, 0.25) is 10.0 Å². The first kappa shape index (κ1) is 14.2. The van der Waals surface area contributed by atoms with E-state index >= 15 is 0 Å². The van der Waals surface area contributed by atoms with E-state index in [0.717, 1.165) is 25.2 Å². The van der Waals surface area contributed by atoms with Gasteiger partial charge in [-0.2, -0.15) is 0 Å². The highest BCUT2D eigenvalue weighted by molar-refractivity contribution is 7.89. The molecule has 0 spiro atoms. The van der Waals surface area contributed by atoms with Gasteiger partial charge in [0.1, 0.15) is 10.7 Å². The van der Waals surface area contributed by atoms with Gasteiger partial charge >= 0.3 is 0 Å². The molecule has 0 saturated carbocycles. The molecule has 0 bridgehead atoms. The van der Waals surface area contributed by atoms with Crippen molar-refractivity contribution in [1.29, 1.82) is 0 Å². The van der Waals surface area contributed by atoms with E-state index < -0.39 is 10.0 Å². The number of nitrogens with two attached hydrogens (primary N) is 2. The van der Waals surface area contributed by atoms with E-state index in [4.69, 9.17) is 10.9 Å². The maximum absolute atomic E-state index is 11.2. The number of hydrogen-bond donors (Lipinski definition) is 2. The second kappa shape index (κ2) is 5.85. The van der Waals surface area contributed by atoms with Crippen molar-refractivity contribution < 1.29 is 8.42 Å². The molecule has 6 nitrogen and oxygen atoms in total. The summed E-state index contributed by atoms with van der Waals surface area (Å²) < 4.78 is 22.4. The molecule has 1 aromatic heterocycles. The van der Waals surface area contributed by atoms with Gasteiger partial charge in [-0.15, -0.1) is 0 Å². The Balaban J connectivity index is 2.24. The van der Waals surface area contributed by atoms with Crippen molar-refractivity contribution in [2.75, 3.05) is 18.0 Å². The molecular weight excluding hydrogens is 264 g/mol. The predicted molar refractivity (Wildman–Crippen MR) is 74.3 cm³/mol. The number of rotatable bonds is 3. The molecule has 0 radical (unpaired) electrons. The van der Waals surface area contributed by atoms with Gasteiger partial charge in [0.15, 0.2) is 0 Å². The lowest BCUT2D eigenvalue weighted by Gasteiger charge is -2.30. The van der Waals surface area contributed by atoms with Gasteiger partial charge in [-0.25, -0.2) is 18.5 Å². The van der Waals surface area contributed by atoms with Crippen molar-refractivity contribution in [2.45, 2.75) is 36.6 Å². The van der Waals surface area contributed by atoms with Gasteiger partial charge in [-0.1, -0.05) is 12.8 Å². The number of primary sulfonamides is 1. The Labute approximate surface area is 113 Å². The third kappa shape index (κ3) is 3.43. The summed E-state index contributed by atoms with van der Waals surface area (Å²) in [6.07, 6.45) is 5.84. The Morgan fingerprint density at radius 3 is 2.68 bits per heavy atom. The largest absolute Gasteiger partial charge is 0.352 e. The van der Waals surface area contributed by atoms with Crippen LogP contribution in [0.4, 0.5) is 5.82 Å². The first-order valence-electron chi connectivity index (χ1n) is 6.48. The molecule has 7 heteroatoms. The van der Waals surface area contributed by atoms with E-state index in [0.29, 0.717) is 6.54 Å². The van der Waals surface area contributed by atoms with Gasteiger partial charge in [0.05, 0.1) is 0 Å². The van der Waals surface area contributed by atoms with Crippen LogP contribution in [0.15, 0.2) is 23.2 Å². The smallest absolute Gasteiger partial charge is 0.239 e. The standard InChI is InChI=1S/C12H20N4O2S/c13-8-10-4-2-1-3-7-16(10)12-6-5-11(9-15-12)19(14,17)18/h5-6,9-10H,1-4,7-8,13H2,(H2,14,17,18). The van der Waals surface area contributed by atoms with Gasteiger partial charge in [-0.05, 0) is 25.0 Å². The highest BCUT2D eigenvalue weighted by Crippen LogP contribution is 2.22. The van der Waals surface area contributed by atoms with Gasteiger partial charge in [0, 0.05) is 25.3 Å². The lowest BCUT2D eigenvalue weighted by atomic mass is 10.1. The molecule has 106 valence electrons. The van der Waals surface area contributed by atoms with E-state index in [1.54, 1.807) is 6.07 Å². The molecule has 1 aliphatic rings. The van der Waals surface area contributed by atoms with Crippen molar-refractivity contribution in [2.24, 2.45) is 10.9 Å². The first-order valence-corrected chi connectivity index (χ1v) is 8.02. The second-order valence-electron chi connectivity index (χ2n) is 4.83. The maximum atomic E-state index is 11.2. The average Bonchev–Trinajstić information content (AvgIpc) is 2.62. The first-order chi connectivity index (χ1) is 9.02. The Kier molecular flexibility index (Phi) is 4.38. The minimum absolute atomic E-state index is 0.0374. The zero-order valence-electron chi connectivity index (χ0n) is 10.8. The number of anilines is 1. The van der Waals surface area contributed by atoms with Crippen LogP contribution >= 0.6 is 0 Å². The Morgan fingerprint density at radius 1 is 1.32 bits per heavy atom. The Hall–Kier alpha value is -1.18. The molecule has 0 aromatic carbocycles. The monoisotopic (exact) mass is 284 g/mol. The molecule has 19 heavy (non-hydrogen) atoms. The van der Waals surface area contributed by atoms with Crippen LogP contribution < -0.4 is 15.8 Å². The third-order valence-corrected chi connectivity index (χ3v) is 4.39. The van der Waals surface area contributed by atoms with Crippen LogP contribution in [-0.2, 0) is 10.0 Å². The van der Waals surface area contributed by atoms with Gasteiger partial charge < -0.3 is 10.6 Å². The molecule has 1 unspecified atom stereocenters. The van der Waals surface area contributed by atoms with E-state index in [-0.39, 0.29) is 10.9 Å². The maximum Gasteiger partial charge on any atom is 0.239 e. The molecule has 1 aliphatic heterocycles. The summed E-state index contributed by atoms with van der Waals surface area (Å²) in [5.74, 6) is 0.768. The molecule has 2 heterocycles. The predicted octanol–water partition coefficient (Wildman–Crippen LogP) is 0.437. The van der Waals surface area contributed by atoms with Crippen LogP contribution in [0.2, 0.25) is 0 Å². The molecule has 1 fully saturated rings. The van der Waals surface area contributed by atoms with E-state index in [1.807, 2.05) is 0 Å². The Morgan fingerprint density at radius 2 is 2.11 bits per heavy atom. The Bertz CT molecular complexity index is 515. The fraction of sp³-hybridized carbons (Fsp3) is 0.583. The number of hydrogen-bond acceptors (Lipinski definition) is 5. The highest BCUT2D eigenvalue weighted by Gasteiger charge is 2.21. The fourth-order valence-electron chi connectivity index (χ4n) is 2.43. The zero-order valence-corrected chi connectivity index (χ0v) is 11.6. The van der Waals surface area contributed by atoms with Crippen LogP contribution in [0.3, 0.4) is 0 Å². The van der Waals surface area contributed by atoms with Crippen molar-refractivity contribution in [3.8, 4) is 0 Å². The second-order valence-corrected chi connectivity index (χ2v) is 6.39. The molecule has 1 saturated heterocycles. The summed E-state index contributed by atoms with van der Waals surface area (Å²) >= 11 is 0. The quantitative estimate of drug-likeness (QED) is 0.838. The molecule has 1 aromatic rings. The molecule has 0 aliphatic carbocycles. The zero-order chi connectivity index (χ0) is 13.9. The van der Waals surface area contributed by atoms with E-state index in [2.05, 4.69) is 9.88 Å². The van der Waals surface area contributed by atoms with Gasteiger partial charge in [0.25, 0.3) is 0 Å². The summed E-state index contributed by atoms with van der Waals surface area (Å²) in [6.45, 7) is 1.49. The van der Waals surface area contributed by atoms with E-state index in [9.17, 15) is 8.42 Å². The number of nitrogens with zero attached hydrogens (tertiary/aromatic N) is 2. The summed E-state index contributed by atoms with van der Waals surface area (Å²) in [4.78, 5) is 6.42. The van der Waals surface area contributed by atoms with Gasteiger partial charge in [-0.3, -0.25) is 0 Å². The van der Waals surface area contributed by atoms with Crippen LogP contribution in [0.5, 0.6) is 0 Å². The minimum atomic E-state index is -3.68. The lowest BCUT2D eigenvalue weighted by molar-refractivity contribution is 0.575. The summed E-state index contributed by atoms with van der Waals surface area (Å²) in [7, 11) is -3.68. The topological polar surface area (TPSA) is 102 Å². The lowest BCUT2D eigenvalue weighted by Crippen LogP contribution is -2.40. The minimum Gasteiger partial charge on any atom is -0.352 e. The van der Waals surface area contributed by atoms with Crippen molar-refractivity contribution in [1.82, 2.24) is 4.98 Å². The average molecular weight is 284 g/mol. The molecule has 2 rings (SSSR count). The molecule has 4 N–H and O–H groups in total. The number of aromatic nitrogens is 1. The van der Waals surface area contributed by atoms with E-state index in [1.165, 1.54) is 25.1 Å². The SMILES string of the molecule is NCC1CCCCCN1c1ccc(S(N)(=O)=O)cn1. The fourth-order valence-corrected chi connectivity index (χ4v) is 2.89. The summed E-state index contributed by atoms with van der Waals surface area (Å²) in [5.41, 5.74) is 5.81. The van der Waals surface area contributed by atoms with Crippen LogP contribution in [0.25, 0.3) is 0 Å². The van der Waals surface area contributed by atoms with Crippen molar-refractivity contribution in [3.63, 3.8) is 0 Å². The molecular formula is C12H20N4O2S. The number of pyridine rings is 1. The van der Waals surface area contributed by atoms with Crippen LogP contribution in [0.1, 0.15) is 25.7 Å². The highest BCUT2D eigenvalue weighted by atomic mass is 32.2. The van der Waals surface area contributed by atoms with Crippen molar-refractivity contribution >= 4 is 15.8 Å². The van der Waals surface area contributed by atoms with Crippen molar-refractivity contribution in [3.05, 3.63) is 18.3 Å². The third-order valence-electron chi connectivity index (χ3n) is 3.49. The van der Waals surface area contributed by atoms with Crippen LogP contribution in [0, 0.1) is 0 Å². The summed E-state index contributed by atoms with van der Waals surface area (Å²) in [5, 5.41) is 5.06. The number of sulfonamides is 1. The summed E-state index contributed by atoms with van der Waals surface area (Å²) in [6, 6.07) is 3.47. The normalized spacial score (nSPS) is 21.2. The molecule has 1 atom stereocenters. The van der Waals surface area contributed by atoms with Crippen LogP contribution in [-0.4, -0.2) is 32.5 Å². The molecule has 0 amide bonds.